The zero-order valence-corrected chi connectivity index (χ0v) is 12.6. The lowest BCUT2D eigenvalue weighted by atomic mass is 9.81. The van der Waals surface area contributed by atoms with Gasteiger partial charge in [-0.3, -0.25) is 4.79 Å². The number of benzene rings is 1. The van der Waals surface area contributed by atoms with Crippen LogP contribution in [0.4, 0.5) is 0 Å². The molecule has 4 heteroatoms. The van der Waals surface area contributed by atoms with Crippen LogP contribution in [0.2, 0.25) is 0 Å². The first-order chi connectivity index (χ1) is 10.1. The maximum Gasteiger partial charge on any atom is 0.230 e. The summed E-state index contributed by atoms with van der Waals surface area (Å²) in [6.45, 7) is 4.47. The number of nitrogens with one attached hydrogen (secondary N) is 1. The summed E-state index contributed by atoms with van der Waals surface area (Å²) in [5.74, 6) is 0.529. The Morgan fingerprint density at radius 3 is 2.90 bits per heavy atom. The Morgan fingerprint density at radius 2 is 2.29 bits per heavy atom. The predicted octanol–water partition coefficient (Wildman–Crippen LogP) is 2.27. The second kappa shape index (κ2) is 5.68. The molecule has 4 nitrogen and oxygen atoms in total. The lowest BCUT2D eigenvalue weighted by Gasteiger charge is -2.37. The molecule has 2 N–H and O–H groups in total. The normalized spacial score (nSPS) is 25.6. The van der Waals surface area contributed by atoms with Gasteiger partial charge in [-0.25, -0.2) is 0 Å². The highest BCUT2D eigenvalue weighted by Gasteiger charge is 2.42. The van der Waals surface area contributed by atoms with Crippen LogP contribution in [-0.2, 0) is 11.3 Å². The fourth-order valence-corrected chi connectivity index (χ4v) is 3.19. The SMILES string of the molecule is CC1(C(=O)N(Cc2cccc(O)c2)C2CC2)CCCNC1. The summed E-state index contributed by atoms with van der Waals surface area (Å²) in [5.41, 5.74) is 0.722. The van der Waals surface area contributed by atoms with Crippen LogP contribution in [0.25, 0.3) is 0 Å². The molecule has 2 fully saturated rings. The zero-order valence-electron chi connectivity index (χ0n) is 12.6. The number of rotatable bonds is 4. The molecule has 1 aliphatic heterocycles. The number of aromatic hydroxyl groups is 1. The molecular weight excluding hydrogens is 264 g/mol. The molecule has 2 aliphatic rings. The topological polar surface area (TPSA) is 52.6 Å². The van der Waals surface area contributed by atoms with E-state index in [9.17, 15) is 9.90 Å². The Labute approximate surface area is 126 Å². The fraction of sp³-hybridized carbons (Fsp3) is 0.588. The zero-order chi connectivity index (χ0) is 14.9. The molecule has 1 unspecified atom stereocenters. The number of piperidine rings is 1. The lowest BCUT2D eigenvalue weighted by molar-refractivity contribution is -0.143. The molecule has 1 saturated heterocycles. The van der Waals surface area contributed by atoms with Gasteiger partial charge >= 0.3 is 0 Å². The van der Waals surface area contributed by atoms with Crippen LogP contribution in [0.15, 0.2) is 24.3 Å². The summed E-state index contributed by atoms with van der Waals surface area (Å²) in [7, 11) is 0. The van der Waals surface area contributed by atoms with Crippen LogP contribution in [0.5, 0.6) is 5.75 Å². The quantitative estimate of drug-likeness (QED) is 0.893. The highest BCUT2D eigenvalue weighted by molar-refractivity contribution is 5.83. The number of phenols is 1. The molecule has 3 rings (SSSR count). The smallest absolute Gasteiger partial charge is 0.230 e. The number of amides is 1. The molecule has 1 aliphatic carbocycles. The van der Waals surface area contributed by atoms with Crippen molar-refractivity contribution in [2.75, 3.05) is 13.1 Å². The number of phenolic OH excluding ortho intramolecular Hbond substituents is 1. The van der Waals surface area contributed by atoms with Gasteiger partial charge in [-0.15, -0.1) is 0 Å². The van der Waals surface area contributed by atoms with E-state index >= 15 is 0 Å². The molecule has 1 aromatic carbocycles. The molecule has 114 valence electrons. The van der Waals surface area contributed by atoms with Crippen LogP contribution >= 0.6 is 0 Å². The standard InChI is InChI=1S/C17H24N2O2/c1-17(8-3-9-18-12-17)16(21)19(14-6-7-14)11-13-4-2-5-15(20)10-13/h2,4-5,10,14,18,20H,3,6-9,11-12H2,1H3. The van der Waals surface area contributed by atoms with Gasteiger partial charge in [0, 0.05) is 19.1 Å². The number of carbonyl (C=O) groups is 1. The highest BCUT2D eigenvalue weighted by atomic mass is 16.3. The number of carbonyl (C=O) groups excluding carboxylic acids is 1. The van der Waals surface area contributed by atoms with E-state index < -0.39 is 0 Å². The molecule has 0 aromatic heterocycles. The van der Waals surface area contributed by atoms with Gasteiger partial charge in [0.1, 0.15) is 5.75 Å². The van der Waals surface area contributed by atoms with E-state index in [1.165, 1.54) is 0 Å². The number of hydrogen-bond acceptors (Lipinski definition) is 3. The van der Waals surface area contributed by atoms with Gasteiger partial charge < -0.3 is 15.3 Å². The largest absolute Gasteiger partial charge is 0.508 e. The number of nitrogens with zero attached hydrogens (tertiary/aromatic N) is 1. The average Bonchev–Trinajstić information content (AvgIpc) is 3.29. The Morgan fingerprint density at radius 1 is 1.48 bits per heavy atom. The molecule has 1 saturated carbocycles. The Kier molecular flexibility index (Phi) is 3.89. The number of hydrogen-bond donors (Lipinski definition) is 2. The third-order valence-electron chi connectivity index (χ3n) is 4.63. The van der Waals surface area contributed by atoms with Crippen LogP contribution in [0.3, 0.4) is 0 Å². The summed E-state index contributed by atoms with van der Waals surface area (Å²) >= 11 is 0. The molecule has 0 spiro atoms. The minimum atomic E-state index is -0.280. The van der Waals surface area contributed by atoms with E-state index in [-0.39, 0.29) is 17.1 Å². The van der Waals surface area contributed by atoms with Crippen molar-refractivity contribution in [3.63, 3.8) is 0 Å². The van der Waals surface area contributed by atoms with E-state index in [1.807, 2.05) is 17.0 Å². The van der Waals surface area contributed by atoms with E-state index in [4.69, 9.17) is 0 Å². The molecule has 1 atom stereocenters. The minimum Gasteiger partial charge on any atom is -0.508 e. The van der Waals surface area contributed by atoms with Crippen molar-refractivity contribution in [1.82, 2.24) is 10.2 Å². The van der Waals surface area contributed by atoms with Gasteiger partial charge in [-0.1, -0.05) is 12.1 Å². The van der Waals surface area contributed by atoms with Gasteiger partial charge in [0.05, 0.1) is 5.41 Å². The third kappa shape index (κ3) is 3.21. The van der Waals surface area contributed by atoms with Gasteiger partial charge in [-0.05, 0) is 56.8 Å². The fourth-order valence-electron chi connectivity index (χ4n) is 3.19. The van der Waals surface area contributed by atoms with Crippen LogP contribution in [-0.4, -0.2) is 35.0 Å². The van der Waals surface area contributed by atoms with E-state index in [0.29, 0.717) is 12.6 Å². The molecule has 0 bridgehead atoms. The first-order valence-electron chi connectivity index (χ1n) is 7.88. The first-order valence-corrected chi connectivity index (χ1v) is 7.88. The molecule has 21 heavy (non-hydrogen) atoms. The van der Waals surface area contributed by atoms with Crippen LogP contribution < -0.4 is 5.32 Å². The van der Waals surface area contributed by atoms with Crippen molar-refractivity contribution in [3.8, 4) is 5.75 Å². The van der Waals surface area contributed by atoms with Crippen LogP contribution in [0, 0.1) is 5.41 Å². The van der Waals surface area contributed by atoms with Crippen molar-refractivity contribution < 1.29 is 9.90 Å². The monoisotopic (exact) mass is 288 g/mol. The van der Waals surface area contributed by atoms with Gasteiger partial charge in [0.25, 0.3) is 0 Å². The second-order valence-electron chi connectivity index (χ2n) is 6.68. The van der Waals surface area contributed by atoms with E-state index in [2.05, 4.69) is 12.2 Å². The summed E-state index contributed by atoms with van der Waals surface area (Å²) < 4.78 is 0. The molecule has 1 aromatic rings. The molecule has 1 amide bonds. The maximum absolute atomic E-state index is 13.0. The molecular formula is C17H24N2O2. The van der Waals surface area contributed by atoms with Crippen molar-refractivity contribution in [2.24, 2.45) is 5.41 Å². The first kappa shape index (κ1) is 14.4. The maximum atomic E-state index is 13.0. The predicted molar refractivity (Wildman–Crippen MR) is 81.9 cm³/mol. The van der Waals surface area contributed by atoms with Crippen molar-refractivity contribution >= 4 is 5.91 Å². The second-order valence-corrected chi connectivity index (χ2v) is 6.68. The highest BCUT2D eigenvalue weighted by Crippen LogP contribution is 2.35. The van der Waals surface area contributed by atoms with Crippen LogP contribution in [0.1, 0.15) is 38.2 Å². The van der Waals surface area contributed by atoms with Crippen molar-refractivity contribution in [3.05, 3.63) is 29.8 Å². The Balaban J connectivity index is 1.76. The van der Waals surface area contributed by atoms with Crippen molar-refractivity contribution in [2.45, 2.75) is 45.2 Å². The third-order valence-corrected chi connectivity index (χ3v) is 4.63. The van der Waals surface area contributed by atoms with E-state index in [1.54, 1.807) is 12.1 Å². The minimum absolute atomic E-state index is 0.264. The summed E-state index contributed by atoms with van der Waals surface area (Å²) in [4.78, 5) is 15.0. The Hall–Kier alpha value is -1.55. The average molecular weight is 288 g/mol. The Bertz CT molecular complexity index is 519. The molecule has 1 heterocycles. The van der Waals surface area contributed by atoms with Gasteiger partial charge in [-0.2, -0.15) is 0 Å². The van der Waals surface area contributed by atoms with Gasteiger partial charge in [0.2, 0.25) is 5.91 Å². The summed E-state index contributed by atoms with van der Waals surface area (Å²) in [6.07, 6.45) is 4.23. The van der Waals surface area contributed by atoms with E-state index in [0.717, 1.165) is 44.3 Å². The summed E-state index contributed by atoms with van der Waals surface area (Å²) in [6, 6.07) is 7.62. The lowest BCUT2D eigenvalue weighted by Crippen LogP contribution is -2.50. The van der Waals surface area contributed by atoms with Crippen molar-refractivity contribution in [1.29, 1.82) is 0 Å². The summed E-state index contributed by atoms with van der Waals surface area (Å²) in [5, 5.41) is 13.0. The molecule has 0 radical (unpaired) electrons. The van der Waals surface area contributed by atoms with Gasteiger partial charge in [0.15, 0.2) is 0 Å².